The van der Waals surface area contributed by atoms with Gasteiger partial charge in [0.15, 0.2) is 0 Å². The maximum Gasteiger partial charge on any atom is 0.243 e. The Morgan fingerprint density at radius 2 is 1.65 bits per heavy atom. The average Bonchev–Trinajstić information content (AvgIpc) is 3.21. The number of amides is 4. The second kappa shape index (κ2) is 11.5. The minimum Gasteiger partial charge on any atom is -0.368 e. The molecule has 9 nitrogen and oxygen atoms in total. The summed E-state index contributed by atoms with van der Waals surface area (Å²) in [5, 5.41) is 8.75. The Hall–Kier alpha value is -3.66. The summed E-state index contributed by atoms with van der Waals surface area (Å²) in [7, 11) is 0. The van der Waals surface area contributed by atoms with Crippen LogP contribution in [0.1, 0.15) is 18.1 Å². The molecule has 0 spiro atoms. The van der Waals surface area contributed by atoms with Crippen LogP contribution in [0.3, 0.4) is 0 Å². The zero-order valence-electron chi connectivity index (χ0n) is 18.6. The summed E-state index contributed by atoms with van der Waals surface area (Å²) >= 11 is 3.49. The number of fused-ring (bicyclic) bond motifs is 1. The lowest BCUT2D eigenvalue weighted by Crippen LogP contribution is -2.55. The Morgan fingerprint density at radius 1 is 0.941 bits per heavy atom. The summed E-state index contributed by atoms with van der Waals surface area (Å²) in [4.78, 5) is 52.1. The number of para-hydroxylation sites is 1. The number of hydrogen-bond donors (Lipinski definition) is 5. The number of H-pyrrole nitrogens is 1. The van der Waals surface area contributed by atoms with Crippen molar-refractivity contribution >= 4 is 50.5 Å². The molecule has 0 saturated carbocycles. The van der Waals surface area contributed by atoms with Crippen molar-refractivity contribution in [1.29, 1.82) is 0 Å². The van der Waals surface area contributed by atoms with Crippen molar-refractivity contribution in [1.82, 2.24) is 20.9 Å². The van der Waals surface area contributed by atoms with Crippen LogP contribution >= 0.6 is 15.9 Å². The van der Waals surface area contributed by atoms with Gasteiger partial charge < -0.3 is 26.7 Å². The van der Waals surface area contributed by atoms with Crippen LogP contribution in [0.4, 0.5) is 0 Å². The molecule has 0 aliphatic heterocycles. The van der Waals surface area contributed by atoms with E-state index in [4.69, 9.17) is 5.73 Å². The highest BCUT2D eigenvalue weighted by molar-refractivity contribution is 9.10. The lowest BCUT2D eigenvalue weighted by Gasteiger charge is -2.23. The van der Waals surface area contributed by atoms with Crippen molar-refractivity contribution in [3.05, 3.63) is 70.3 Å². The highest BCUT2D eigenvalue weighted by Gasteiger charge is 2.27. The number of halogens is 1. The van der Waals surface area contributed by atoms with Crippen LogP contribution < -0.4 is 21.7 Å². The molecule has 0 unspecified atom stereocenters. The SMILES string of the molecule is CC(=O)N[C@H](Cc1c[nH]c2c(Br)cccc12)C(=O)N[C@@H](Cc1ccccc1)C(=O)NCC(N)=O. The first-order valence-electron chi connectivity index (χ1n) is 10.7. The maximum absolute atomic E-state index is 13.2. The Balaban J connectivity index is 1.81. The van der Waals surface area contributed by atoms with E-state index >= 15 is 0 Å². The number of hydrogen-bond acceptors (Lipinski definition) is 4. The molecule has 0 bridgehead atoms. The summed E-state index contributed by atoms with van der Waals surface area (Å²) in [5.41, 5.74) is 7.67. The van der Waals surface area contributed by atoms with Crippen LogP contribution in [0.15, 0.2) is 59.2 Å². The van der Waals surface area contributed by atoms with Gasteiger partial charge in [0.1, 0.15) is 12.1 Å². The van der Waals surface area contributed by atoms with Gasteiger partial charge in [-0.1, -0.05) is 42.5 Å². The normalized spacial score (nSPS) is 12.5. The molecule has 178 valence electrons. The van der Waals surface area contributed by atoms with E-state index in [9.17, 15) is 19.2 Å². The average molecular weight is 528 g/mol. The van der Waals surface area contributed by atoms with Gasteiger partial charge in [-0.05, 0) is 33.1 Å². The van der Waals surface area contributed by atoms with E-state index in [-0.39, 0.29) is 25.3 Å². The molecule has 0 aliphatic rings. The maximum atomic E-state index is 13.2. The van der Waals surface area contributed by atoms with E-state index in [1.165, 1.54) is 6.92 Å². The fourth-order valence-corrected chi connectivity index (χ4v) is 4.13. The van der Waals surface area contributed by atoms with E-state index < -0.39 is 29.8 Å². The first-order valence-corrected chi connectivity index (χ1v) is 11.5. The molecule has 0 fully saturated rings. The van der Waals surface area contributed by atoms with Gasteiger partial charge in [0.25, 0.3) is 0 Å². The van der Waals surface area contributed by atoms with Gasteiger partial charge in [-0.15, -0.1) is 0 Å². The number of aromatic nitrogens is 1. The molecule has 4 amide bonds. The number of carbonyl (C=O) groups excluding carboxylic acids is 4. The molecule has 0 radical (unpaired) electrons. The van der Waals surface area contributed by atoms with Crippen LogP contribution in [-0.2, 0) is 32.0 Å². The van der Waals surface area contributed by atoms with Gasteiger partial charge in [-0.2, -0.15) is 0 Å². The van der Waals surface area contributed by atoms with E-state index in [2.05, 4.69) is 36.9 Å². The molecule has 34 heavy (non-hydrogen) atoms. The number of nitrogens with two attached hydrogens (primary N) is 1. The van der Waals surface area contributed by atoms with Crippen LogP contribution in [0.2, 0.25) is 0 Å². The summed E-state index contributed by atoms with van der Waals surface area (Å²) in [6, 6.07) is 13.0. The van der Waals surface area contributed by atoms with Crippen LogP contribution in [0.5, 0.6) is 0 Å². The Bertz CT molecular complexity index is 1190. The Kier molecular flexibility index (Phi) is 8.42. The van der Waals surface area contributed by atoms with E-state index in [1.807, 2.05) is 48.5 Å². The third-order valence-electron chi connectivity index (χ3n) is 5.22. The lowest BCUT2D eigenvalue weighted by atomic mass is 10.0. The van der Waals surface area contributed by atoms with Gasteiger partial charge in [0.2, 0.25) is 23.6 Å². The fraction of sp³-hybridized carbons (Fsp3) is 0.250. The number of primary amides is 1. The first kappa shape index (κ1) is 25.0. The lowest BCUT2D eigenvalue weighted by molar-refractivity contribution is -0.132. The van der Waals surface area contributed by atoms with Crippen LogP contribution in [0.25, 0.3) is 10.9 Å². The van der Waals surface area contributed by atoms with Gasteiger partial charge in [-0.25, -0.2) is 0 Å². The smallest absolute Gasteiger partial charge is 0.243 e. The second-order valence-electron chi connectivity index (χ2n) is 7.87. The fourth-order valence-electron chi connectivity index (χ4n) is 3.65. The van der Waals surface area contributed by atoms with Gasteiger partial charge in [0.05, 0.1) is 12.1 Å². The minimum atomic E-state index is -0.970. The third-order valence-corrected chi connectivity index (χ3v) is 5.88. The zero-order valence-corrected chi connectivity index (χ0v) is 20.1. The van der Waals surface area contributed by atoms with Crippen LogP contribution in [-0.4, -0.2) is 47.2 Å². The molecule has 6 N–H and O–H groups in total. The molecule has 10 heteroatoms. The molecule has 0 saturated heterocycles. The number of benzene rings is 2. The first-order chi connectivity index (χ1) is 16.2. The van der Waals surface area contributed by atoms with E-state index in [0.717, 1.165) is 26.5 Å². The topological polar surface area (TPSA) is 146 Å². The summed E-state index contributed by atoms with van der Waals surface area (Å²) in [6.07, 6.45) is 2.20. The number of rotatable bonds is 10. The molecule has 0 aliphatic carbocycles. The van der Waals surface area contributed by atoms with Crippen LogP contribution in [0, 0.1) is 0 Å². The van der Waals surface area contributed by atoms with Crippen molar-refractivity contribution in [2.45, 2.75) is 31.8 Å². The van der Waals surface area contributed by atoms with Gasteiger partial charge >= 0.3 is 0 Å². The number of carbonyl (C=O) groups is 4. The molecular weight excluding hydrogens is 502 g/mol. The summed E-state index contributed by atoms with van der Waals surface area (Å²) in [6.45, 7) is 0.979. The minimum absolute atomic E-state index is 0.198. The quantitative estimate of drug-likeness (QED) is 0.270. The monoisotopic (exact) mass is 527 g/mol. The van der Waals surface area contributed by atoms with Gasteiger partial charge in [-0.3, -0.25) is 19.2 Å². The van der Waals surface area contributed by atoms with Crippen molar-refractivity contribution < 1.29 is 19.2 Å². The predicted octanol–water partition coefficient (Wildman–Crippen LogP) is 1.31. The zero-order chi connectivity index (χ0) is 24.7. The molecule has 1 aromatic heterocycles. The summed E-state index contributed by atoms with van der Waals surface area (Å²) < 4.78 is 0.880. The van der Waals surface area contributed by atoms with E-state index in [0.29, 0.717) is 0 Å². The van der Waals surface area contributed by atoms with Crippen molar-refractivity contribution in [2.24, 2.45) is 5.73 Å². The highest BCUT2D eigenvalue weighted by atomic mass is 79.9. The molecule has 2 aromatic carbocycles. The largest absolute Gasteiger partial charge is 0.368 e. The third kappa shape index (κ3) is 6.67. The van der Waals surface area contributed by atoms with Gasteiger partial charge in [0, 0.05) is 35.8 Å². The predicted molar refractivity (Wildman–Crippen MR) is 132 cm³/mol. The Labute approximate surface area is 205 Å². The van der Waals surface area contributed by atoms with Crippen molar-refractivity contribution in [3.63, 3.8) is 0 Å². The molecule has 2 atom stereocenters. The number of nitrogens with one attached hydrogen (secondary N) is 4. The summed E-state index contributed by atoms with van der Waals surface area (Å²) in [5.74, 6) is -2.14. The molecule has 1 heterocycles. The second-order valence-corrected chi connectivity index (χ2v) is 8.72. The standard InChI is InChI=1S/C24H26BrN5O4/c1-14(31)29-20(11-16-12-27-22-17(16)8-5-9-18(22)25)24(34)30-19(23(33)28-13-21(26)32)10-15-6-3-2-4-7-15/h2-9,12,19-20,27H,10-11,13H2,1H3,(H2,26,32)(H,28,33)(H,29,31)(H,30,34)/t19-,20+/m0/s1. The molecule has 3 rings (SSSR count). The number of aromatic amines is 1. The molecule has 3 aromatic rings. The molecular formula is C24H26BrN5O4. The highest BCUT2D eigenvalue weighted by Crippen LogP contribution is 2.26. The van der Waals surface area contributed by atoms with E-state index in [1.54, 1.807) is 6.20 Å². The Morgan fingerprint density at radius 3 is 2.32 bits per heavy atom. The van der Waals surface area contributed by atoms with Crippen molar-refractivity contribution in [3.8, 4) is 0 Å². The van der Waals surface area contributed by atoms with Crippen molar-refractivity contribution in [2.75, 3.05) is 6.54 Å².